The molecule has 0 radical (unpaired) electrons. The van der Waals surface area contributed by atoms with Crippen molar-refractivity contribution in [1.29, 1.82) is 0 Å². The second-order valence-corrected chi connectivity index (χ2v) is 4.95. The van der Waals surface area contributed by atoms with E-state index in [0.29, 0.717) is 6.61 Å². The van der Waals surface area contributed by atoms with Gasteiger partial charge in [0.05, 0.1) is 13.7 Å². The van der Waals surface area contributed by atoms with Crippen molar-refractivity contribution in [2.24, 2.45) is 0 Å². The first-order valence-electron chi connectivity index (χ1n) is 6.50. The Bertz CT molecular complexity index is 429. The first-order valence-corrected chi connectivity index (χ1v) is 6.50. The molecule has 4 heteroatoms. The number of esters is 1. The van der Waals surface area contributed by atoms with E-state index in [-0.39, 0.29) is 12.0 Å². The summed E-state index contributed by atoms with van der Waals surface area (Å²) < 4.78 is 10.4. The number of rotatable bonds is 6. The van der Waals surface area contributed by atoms with Gasteiger partial charge in [0.15, 0.2) is 0 Å². The molecule has 0 aliphatic carbocycles. The van der Waals surface area contributed by atoms with Crippen molar-refractivity contribution < 1.29 is 14.3 Å². The summed E-state index contributed by atoms with van der Waals surface area (Å²) >= 11 is 0. The summed E-state index contributed by atoms with van der Waals surface area (Å²) in [5, 5.41) is 3.27. The van der Waals surface area contributed by atoms with Gasteiger partial charge in [-0.2, -0.15) is 0 Å². The van der Waals surface area contributed by atoms with Crippen LogP contribution in [0.5, 0.6) is 5.75 Å². The molecule has 0 aliphatic heterocycles. The number of hydrogen-bond donors (Lipinski definition) is 1. The molecule has 0 amide bonds. The van der Waals surface area contributed by atoms with Crippen LogP contribution in [0.25, 0.3) is 0 Å². The number of benzene rings is 1. The topological polar surface area (TPSA) is 47.6 Å². The Labute approximate surface area is 115 Å². The van der Waals surface area contributed by atoms with Crippen LogP contribution in [0.2, 0.25) is 0 Å². The van der Waals surface area contributed by atoms with Crippen LogP contribution in [0, 0.1) is 0 Å². The van der Waals surface area contributed by atoms with Crippen molar-refractivity contribution in [3.63, 3.8) is 0 Å². The van der Waals surface area contributed by atoms with Crippen LogP contribution in [0.3, 0.4) is 0 Å². The highest BCUT2D eigenvalue weighted by atomic mass is 16.5. The molecule has 0 fully saturated rings. The van der Waals surface area contributed by atoms with Crippen molar-refractivity contribution >= 4 is 5.97 Å². The third kappa shape index (κ3) is 3.96. The molecular weight excluding hydrogens is 242 g/mol. The normalized spacial score (nSPS) is 12.9. The van der Waals surface area contributed by atoms with Gasteiger partial charge in [-0.1, -0.05) is 18.2 Å². The van der Waals surface area contributed by atoms with Crippen molar-refractivity contribution in [3.05, 3.63) is 29.8 Å². The lowest BCUT2D eigenvalue weighted by Crippen LogP contribution is -2.48. The number of methoxy groups -OCH3 is 1. The summed E-state index contributed by atoms with van der Waals surface area (Å²) in [5.74, 6) is 0.555. The molecule has 19 heavy (non-hydrogen) atoms. The number of carbonyl (C=O) groups is 1. The maximum atomic E-state index is 11.7. The largest absolute Gasteiger partial charge is 0.494 e. The zero-order valence-corrected chi connectivity index (χ0v) is 12.3. The second-order valence-electron chi connectivity index (χ2n) is 4.95. The number of ether oxygens (including phenoxy) is 2. The minimum atomic E-state index is -0.743. The van der Waals surface area contributed by atoms with Crippen molar-refractivity contribution in [3.8, 4) is 5.75 Å². The van der Waals surface area contributed by atoms with Crippen LogP contribution in [0.1, 0.15) is 39.3 Å². The number of hydrogen-bond acceptors (Lipinski definition) is 4. The molecule has 0 saturated heterocycles. The predicted octanol–water partition coefficient (Wildman–Crippen LogP) is 2.69. The monoisotopic (exact) mass is 265 g/mol. The van der Waals surface area contributed by atoms with Gasteiger partial charge in [-0.25, -0.2) is 0 Å². The van der Waals surface area contributed by atoms with Gasteiger partial charge in [-0.05, 0) is 33.8 Å². The molecular formula is C15H23NO3. The molecule has 106 valence electrons. The summed E-state index contributed by atoms with van der Waals surface area (Å²) in [6.07, 6.45) is 0. The molecule has 1 N–H and O–H groups in total. The summed E-state index contributed by atoms with van der Waals surface area (Å²) in [6.45, 7) is 8.18. The quantitative estimate of drug-likeness (QED) is 0.803. The standard InChI is InChI=1S/C15H23NO3/c1-6-19-13-10-8-7-9-12(13)11(2)16-15(3,4)14(17)18-5/h7-11,16H,6H2,1-5H3. The van der Waals surface area contributed by atoms with E-state index in [1.807, 2.05) is 38.1 Å². The predicted molar refractivity (Wildman–Crippen MR) is 75.3 cm³/mol. The molecule has 1 atom stereocenters. The van der Waals surface area contributed by atoms with E-state index in [4.69, 9.17) is 9.47 Å². The van der Waals surface area contributed by atoms with Gasteiger partial charge in [0.1, 0.15) is 11.3 Å². The first-order chi connectivity index (χ1) is 8.92. The van der Waals surface area contributed by atoms with Gasteiger partial charge in [-0.15, -0.1) is 0 Å². The van der Waals surface area contributed by atoms with E-state index in [1.165, 1.54) is 7.11 Å². The lowest BCUT2D eigenvalue weighted by molar-refractivity contribution is -0.147. The van der Waals surface area contributed by atoms with Crippen LogP contribution in [0.4, 0.5) is 0 Å². The fourth-order valence-electron chi connectivity index (χ4n) is 2.06. The zero-order valence-electron chi connectivity index (χ0n) is 12.3. The van der Waals surface area contributed by atoms with E-state index < -0.39 is 5.54 Å². The Balaban J connectivity index is 2.89. The molecule has 0 aromatic heterocycles. The number of para-hydroxylation sites is 1. The minimum Gasteiger partial charge on any atom is -0.494 e. The van der Waals surface area contributed by atoms with Gasteiger partial charge >= 0.3 is 5.97 Å². The Kier molecular flexibility index (Phi) is 5.36. The minimum absolute atomic E-state index is 0.0168. The van der Waals surface area contributed by atoms with Crippen LogP contribution in [-0.2, 0) is 9.53 Å². The molecule has 0 saturated carbocycles. The van der Waals surface area contributed by atoms with Gasteiger partial charge in [0, 0.05) is 11.6 Å². The van der Waals surface area contributed by atoms with Crippen molar-refractivity contribution in [2.75, 3.05) is 13.7 Å². The van der Waals surface area contributed by atoms with E-state index in [0.717, 1.165) is 11.3 Å². The Morgan fingerprint density at radius 1 is 1.37 bits per heavy atom. The Morgan fingerprint density at radius 3 is 2.58 bits per heavy atom. The van der Waals surface area contributed by atoms with Gasteiger partial charge < -0.3 is 9.47 Å². The average molecular weight is 265 g/mol. The summed E-state index contributed by atoms with van der Waals surface area (Å²) in [7, 11) is 1.39. The molecule has 0 spiro atoms. The molecule has 1 aromatic carbocycles. The number of carbonyl (C=O) groups excluding carboxylic acids is 1. The molecule has 0 bridgehead atoms. The third-order valence-electron chi connectivity index (χ3n) is 2.96. The lowest BCUT2D eigenvalue weighted by atomic mass is 10.0. The summed E-state index contributed by atoms with van der Waals surface area (Å²) in [5.41, 5.74) is 0.286. The van der Waals surface area contributed by atoms with E-state index in [9.17, 15) is 4.79 Å². The Morgan fingerprint density at radius 2 is 2.00 bits per heavy atom. The van der Waals surface area contributed by atoms with E-state index in [2.05, 4.69) is 5.32 Å². The highest BCUT2D eigenvalue weighted by Gasteiger charge is 2.30. The molecule has 1 rings (SSSR count). The fraction of sp³-hybridized carbons (Fsp3) is 0.533. The van der Waals surface area contributed by atoms with Crippen LogP contribution in [0.15, 0.2) is 24.3 Å². The van der Waals surface area contributed by atoms with Crippen molar-refractivity contribution in [1.82, 2.24) is 5.32 Å². The summed E-state index contributed by atoms with van der Waals surface area (Å²) in [6, 6.07) is 7.81. The van der Waals surface area contributed by atoms with Crippen LogP contribution >= 0.6 is 0 Å². The van der Waals surface area contributed by atoms with Gasteiger partial charge in [-0.3, -0.25) is 10.1 Å². The summed E-state index contributed by atoms with van der Waals surface area (Å²) in [4.78, 5) is 11.7. The molecule has 1 aromatic rings. The second kappa shape index (κ2) is 6.57. The molecule has 0 heterocycles. The maximum Gasteiger partial charge on any atom is 0.325 e. The SMILES string of the molecule is CCOc1ccccc1C(C)NC(C)(C)C(=O)OC. The first kappa shape index (κ1) is 15.5. The molecule has 0 aliphatic rings. The third-order valence-corrected chi connectivity index (χ3v) is 2.96. The number of nitrogens with one attached hydrogen (secondary N) is 1. The van der Waals surface area contributed by atoms with Gasteiger partial charge in [0.2, 0.25) is 0 Å². The lowest BCUT2D eigenvalue weighted by Gasteiger charge is -2.28. The highest BCUT2D eigenvalue weighted by Crippen LogP contribution is 2.26. The van der Waals surface area contributed by atoms with Gasteiger partial charge in [0.25, 0.3) is 0 Å². The fourth-order valence-corrected chi connectivity index (χ4v) is 2.06. The zero-order chi connectivity index (χ0) is 14.5. The van der Waals surface area contributed by atoms with Crippen LogP contribution in [-0.4, -0.2) is 25.2 Å². The van der Waals surface area contributed by atoms with Crippen LogP contribution < -0.4 is 10.1 Å². The van der Waals surface area contributed by atoms with E-state index >= 15 is 0 Å². The Hall–Kier alpha value is -1.55. The molecule has 1 unspecified atom stereocenters. The van der Waals surface area contributed by atoms with E-state index in [1.54, 1.807) is 13.8 Å². The molecule has 4 nitrogen and oxygen atoms in total. The maximum absolute atomic E-state index is 11.7. The smallest absolute Gasteiger partial charge is 0.325 e. The average Bonchev–Trinajstić information content (AvgIpc) is 2.38. The highest BCUT2D eigenvalue weighted by molar-refractivity contribution is 5.79. The van der Waals surface area contributed by atoms with Crippen molar-refractivity contribution in [2.45, 2.75) is 39.3 Å².